The zero-order chi connectivity index (χ0) is 20.2. The van der Waals surface area contributed by atoms with Crippen LogP contribution in [-0.2, 0) is 12.1 Å². The van der Waals surface area contributed by atoms with Crippen molar-refractivity contribution < 1.29 is 23.1 Å². The molecule has 0 aliphatic heterocycles. The normalized spacial score (nSPS) is 13.5. The lowest BCUT2D eigenvalue weighted by molar-refractivity contribution is -0.258. The summed E-state index contributed by atoms with van der Waals surface area (Å²) in [7, 11) is 0. The number of hydrogen-bond acceptors (Lipinski definition) is 3. The minimum absolute atomic E-state index is 0.229. The van der Waals surface area contributed by atoms with Crippen LogP contribution in [0, 0.1) is 11.3 Å². The number of carbonyl (C=O) groups excluding carboxylic acids is 1. The van der Waals surface area contributed by atoms with E-state index in [1.807, 2.05) is 6.07 Å². The summed E-state index contributed by atoms with van der Waals surface area (Å²) in [4.78, 5) is 14.2. The number of alkyl halides is 3. The van der Waals surface area contributed by atoms with Crippen LogP contribution in [0.4, 0.5) is 13.2 Å². The third-order valence-corrected chi connectivity index (χ3v) is 4.37. The second-order valence-electron chi connectivity index (χ2n) is 6.28. The molecule has 0 fully saturated rings. The van der Waals surface area contributed by atoms with E-state index in [1.54, 1.807) is 31.2 Å². The second kappa shape index (κ2) is 7.80. The molecule has 1 N–H and O–H groups in total. The largest absolute Gasteiger partial charge is 0.421 e. The molecule has 0 aliphatic rings. The van der Waals surface area contributed by atoms with Gasteiger partial charge in [0.1, 0.15) is 0 Å². The predicted molar refractivity (Wildman–Crippen MR) is 93.6 cm³/mol. The number of carbonyl (C=O) groups is 1. The SMILES string of the molecule is CCN(Cc1ccc(C#N)cc1)C(=O)c1ccc(C(C)(O)C(F)(F)F)cc1. The third kappa shape index (κ3) is 4.47. The molecular formula is C20H19F3N2O2. The highest BCUT2D eigenvalue weighted by Gasteiger charge is 2.51. The molecule has 4 nitrogen and oxygen atoms in total. The molecule has 0 saturated carbocycles. The van der Waals surface area contributed by atoms with E-state index in [0.717, 1.165) is 17.7 Å². The molecule has 1 amide bonds. The van der Waals surface area contributed by atoms with Crippen LogP contribution in [0.25, 0.3) is 0 Å². The summed E-state index contributed by atoms with van der Waals surface area (Å²) in [5.41, 5.74) is -1.74. The Hall–Kier alpha value is -2.85. The van der Waals surface area contributed by atoms with E-state index in [0.29, 0.717) is 25.6 Å². The molecule has 1 unspecified atom stereocenters. The molecule has 7 heteroatoms. The summed E-state index contributed by atoms with van der Waals surface area (Å²) in [6, 6.07) is 13.6. The Labute approximate surface area is 155 Å². The van der Waals surface area contributed by atoms with Gasteiger partial charge in [-0.3, -0.25) is 4.79 Å². The number of nitrogens with zero attached hydrogens (tertiary/aromatic N) is 2. The van der Waals surface area contributed by atoms with E-state index in [4.69, 9.17) is 5.26 Å². The highest BCUT2D eigenvalue weighted by molar-refractivity contribution is 5.94. The molecule has 2 rings (SSSR count). The van der Waals surface area contributed by atoms with Crippen LogP contribution in [0.3, 0.4) is 0 Å². The van der Waals surface area contributed by atoms with Crippen molar-refractivity contribution in [1.82, 2.24) is 4.90 Å². The maximum atomic E-state index is 12.9. The molecule has 0 radical (unpaired) electrons. The van der Waals surface area contributed by atoms with Crippen LogP contribution in [-0.4, -0.2) is 28.6 Å². The van der Waals surface area contributed by atoms with Crippen LogP contribution in [0.15, 0.2) is 48.5 Å². The highest BCUT2D eigenvalue weighted by atomic mass is 19.4. The smallest absolute Gasteiger partial charge is 0.376 e. The van der Waals surface area contributed by atoms with Gasteiger partial charge in [-0.2, -0.15) is 18.4 Å². The number of amides is 1. The maximum Gasteiger partial charge on any atom is 0.421 e. The molecule has 1 atom stereocenters. The predicted octanol–water partition coefficient (Wildman–Crippen LogP) is 3.99. The van der Waals surface area contributed by atoms with Gasteiger partial charge in [0, 0.05) is 18.7 Å². The van der Waals surface area contributed by atoms with Crippen molar-refractivity contribution in [3.05, 3.63) is 70.8 Å². The van der Waals surface area contributed by atoms with Gasteiger partial charge in [-0.05, 0) is 49.2 Å². The van der Waals surface area contributed by atoms with Crippen molar-refractivity contribution in [2.75, 3.05) is 6.54 Å². The second-order valence-corrected chi connectivity index (χ2v) is 6.28. The van der Waals surface area contributed by atoms with E-state index in [1.165, 1.54) is 17.0 Å². The fraction of sp³-hybridized carbons (Fsp3) is 0.300. The number of halogens is 3. The number of rotatable bonds is 5. The molecule has 0 aromatic heterocycles. The third-order valence-electron chi connectivity index (χ3n) is 4.37. The van der Waals surface area contributed by atoms with Gasteiger partial charge in [-0.15, -0.1) is 0 Å². The Kier molecular flexibility index (Phi) is 5.91. The van der Waals surface area contributed by atoms with E-state index in [2.05, 4.69) is 0 Å². The van der Waals surface area contributed by atoms with Crippen molar-refractivity contribution in [3.8, 4) is 6.07 Å². The van der Waals surface area contributed by atoms with Gasteiger partial charge in [-0.25, -0.2) is 0 Å². The van der Waals surface area contributed by atoms with E-state index in [9.17, 15) is 23.1 Å². The van der Waals surface area contributed by atoms with Crippen LogP contribution in [0.1, 0.15) is 40.9 Å². The van der Waals surface area contributed by atoms with Gasteiger partial charge >= 0.3 is 6.18 Å². The van der Waals surface area contributed by atoms with Crippen molar-refractivity contribution in [3.63, 3.8) is 0 Å². The summed E-state index contributed by atoms with van der Waals surface area (Å²) in [6.07, 6.45) is -4.82. The summed E-state index contributed by atoms with van der Waals surface area (Å²) in [6.45, 7) is 3.18. The summed E-state index contributed by atoms with van der Waals surface area (Å²) < 4.78 is 38.7. The summed E-state index contributed by atoms with van der Waals surface area (Å²) in [5.74, 6) is -0.333. The van der Waals surface area contributed by atoms with Crippen molar-refractivity contribution in [2.45, 2.75) is 32.2 Å². The molecule has 2 aromatic carbocycles. The Morgan fingerprint density at radius 2 is 1.67 bits per heavy atom. The molecule has 142 valence electrons. The van der Waals surface area contributed by atoms with Crippen LogP contribution < -0.4 is 0 Å². The molecule has 0 saturated heterocycles. The first-order valence-electron chi connectivity index (χ1n) is 8.28. The lowest BCUT2D eigenvalue weighted by atomic mass is 9.94. The number of benzene rings is 2. The monoisotopic (exact) mass is 376 g/mol. The Balaban J connectivity index is 2.18. The fourth-order valence-corrected chi connectivity index (χ4v) is 2.52. The molecule has 0 spiro atoms. The van der Waals surface area contributed by atoms with Gasteiger partial charge in [0.15, 0.2) is 5.60 Å². The number of hydrogen-bond donors (Lipinski definition) is 1. The zero-order valence-electron chi connectivity index (χ0n) is 14.9. The Morgan fingerprint density at radius 3 is 2.11 bits per heavy atom. The molecule has 2 aromatic rings. The van der Waals surface area contributed by atoms with Crippen molar-refractivity contribution in [2.24, 2.45) is 0 Å². The van der Waals surface area contributed by atoms with Gasteiger partial charge in [0.05, 0.1) is 11.6 Å². The Bertz CT molecular complexity index is 836. The minimum Gasteiger partial charge on any atom is -0.376 e. The molecule has 0 aliphatic carbocycles. The standard InChI is InChI=1S/C20H19F3N2O2/c1-3-25(13-15-6-4-14(12-24)5-7-15)18(26)16-8-10-17(11-9-16)19(2,27)20(21,22)23/h4-11,27H,3,13H2,1-2H3. The maximum absolute atomic E-state index is 12.9. The molecule has 27 heavy (non-hydrogen) atoms. The first kappa shape index (κ1) is 20.5. The first-order chi connectivity index (χ1) is 12.6. The van der Waals surface area contributed by atoms with Crippen LogP contribution >= 0.6 is 0 Å². The minimum atomic E-state index is -4.82. The van der Waals surface area contributed by atoms with Gasteiger partial charge in [-0.1, -0.05) is 24.3 Å². The van der Waals surface area contributed by atoms with Gasteiger partial charge < -0.3 is 10.0 Å². The molecule has 0 heterocycles. The van der Waals surface area contributed by atoms with Gasteiger partial charge in [0.25, 0.3) is 5.91 Å². The summed E-state index contributed by atoms with van der Waals surface area (Å²) in [5, 5.41) is 18.5. The quantitative estimate of drug-likeness (QED) is 0.858. The van der Waals surface area contributed by atoms with Crippen LogP contribution in [0.2, 0.25) is 0 Å². The van der Waals surface area contributed by atoms with Crippen molar-refractivity contribution in [1.29, 1.82) is 5.26 Å². The average molecular weight is 376 g/mol. The number of aliphatic hydroxyl groups is 1. The lowest BCUT2D eigenvalue weighted by Crippen LogP contribution is -2.39. The summed E-state index contributed by atoms with van der Waals surface area (Å²) >= 11 is 0. The van der Waals surface area contributed by atoms with Gasteiger partial charge in [0.2, 0.25) is 0 Å². The van der Waals surface area contributed by atoms with E-state index in [-0.39, 0.29) is 17.0 Å². The zero-order valence-corrected chi connectivity index (χ0v) is 14.9. The Morgan fingerprint density at radius 1 is 1.11 bits per heavy atom. The lowest BCUT2D eigenvalue weighted by Gasteiger charge is -2.27. The fourth-order valence-electron chi connectivity index (χ4n) is 2.52. The van der Waals surface area contributed by atoms with Crippen molar-refractivity contribution >= 4 is 5.91 Å². The van der Waals surface area contributed by atoms with Crippen LogP contribution in [0.5, 0.6) is 0 Å². The van der Waals surface area contributed by atoms with E-state index < -0.39 is 11.8 Å². The first-order valence-corrected chi connectivity index (χ1v) is 8.28. The molecular weight excluding hydrogens is 357 g/mol. The molecule has 0 bridgehead atoms. The average Bonchev–Trinajstić information content (AvgIpc) is 2.65. The highest BCUT2D eigenvalue weighted by Crippen LogP contribution is 2.38. The number of nitriles is 1. The van der Waals surface area contributed by atoms with E-state index >= 15 is 0 Å². The topological polar surface area (TPSA) is 64.3 Å².